The van der Waals surface area contributed by atoms with Gasteiger partial charge in [-0.2, -0.15) is 0 Å². The van der Waals surface area contributed by atoms with Crippen LogP contribution in [0.3, 0.4) is 0 Å². The molecule has 2 aliphatic heterocycles. The van der Waals surface area contributed by atoms with Gasteiger partial charge in [-0.3, -0.25) is 15.0 Å². The zero-order valence-electron chi connectivity index (χ0n) is 15.2. The molecule has 7 heteroatoms. The molecule has 25 heavy (non-hydrogen) atoms. The summed E-state index contributed by atoms with van der Waals surface area (Å²) in [6.07, 6.45) is 1.06. The van der Waals surface area contributed by atoms with Crippen LogP contribution in [0.2, 0.25) is 0 Å². The highest BCUT2D eigenvalue weighted by atomic mass is 16.6. The number of benzene rings is 1. The molecule has 3 rings (SSSR count). The topological polar surface area (TPSA) is 62.1 Å². The molecule has 2 heterocycles. The molecule has 0 amide bonds. The number of hydrogen-bond donors (Lipinski definition) is 0. The lowest BCUT2D eigenvalue weighted by atomic mass is 10.2. The normalized spacial score (nSPS) is 22.3. The first-order valence-corrected chi connectivity index (χ1v) is 9.25. The van der Waals surface area contributed by atoms with Crippen LogP contribution in [-0.2, 0) is 0 Å². The first kappa shape index (κ1) is 17.9. The van der Waals surface area contributed by atoms with Crippen LogP contribution in [0.4, 0.5) is 11.4 Å². The SMILES string of the molecule is CCOc1cccc(N2CCC(N3CCN(CC)CC3)C2)c1[N+](=O)[O-]. The molecule has 1 aromatic carbocycles. The summed E-state index contributed by atoms with van der Waals surface area (Å²) in [4.78, 5) is 18.5. The van der Waals surface area contributed by atoms with E-state index in [2.05, 4.69) is 21.6 Å². The molecule has 1 atom stereocenters. The van der Waals surface area contributed by atoms with E-state index in [1.54, 1.807) is 6.07 Å². The lowest BCUT2D eigenvalue weighted by Gasteiger charge is -2.37. The summed E-state index contributed by atoms with van der Waals surface area (Å²) in [5.41, 5.74) is 0.784. The highest BCUT2D eigenvalue weighted by molar-refractivity contribution is 5.70. The summed E-state index contributed by atoms with van der Waals surface area (Å²) < 4.78 is 5.48. The van der Waals surface area contributed by atoms with Crippen LogP contribution in [-0.4, -0.2) is 73.2 Å². The summed E-state index contributed by atoms with van der Waals surface area (Å²) in [6.45, 7) is 11.7. The predicted molar refractivity (Wildman–Crippen MR) is 98.6 cm³/mol. The number of rotatable bonds is 6. The Morgan fingerprint density at radius 2 is 1.96 bits per heavy atom. The standard InChI is InChI=1S/C18H28N4O3/c1-3-19-10-12-20(13-11-19)15-8-9-21(14-15)16-6-5-7-17(25-4-2)18(16)22(23)24/h5-7,15H,3-4,8-14H2,1-2H3. The summed E-state index contributed by atoms with van der Waals surface area (Å²) in [7, 11) is 0. The van der Waals surface area contributed by atoms with Crippen molar-refractivity contribution in [3.05, 3.63) is 28.3 Å². The molecule has 2 aliphatic rings. The number of nitro groups is 1. The van der Waals surface area contributed by atoms with Crippen LogP contribution in [0.25, 0.3) is 0 Å². The number of para-hydroxylation sites is 1. The second-order valence-electron chi connectivity index (χ2n) is 6.67. The fraction of sp³-hybridized carbons (Fsp3) is 0.667. The fourth-order valence-corrected chi connectivity index (χ4v) is 3.92. The smallest absolute Gasteiger partial charge is 0.333 e. The Kier molecular flexibility index (Phi) is 5.75. The quantitative estimate of drug-likeness (QED) is 0.580. The van der Waals surface area contributed by atoms with Crippen LogP contribution >= 0.6 is 0 Å². The number of hydrogen-bond acceptors (Lipinski definition) is 6. The number of nitrogens with zero attached hydrogens (tertiary/aromatic N) is 4. The maximum absolute atomic E-state index is 11.6. The lowest BCUT2D eigenvalue weighted by molar-refractivity contribution is -0.385. The van der Waals surface area contributed by atoms with Crippen molar-refractivity contribution in [2.45, 2.75) is 26.3 Å². The van der Waals surface area contributed by atoms with Gasteiger partial charge in [-0.15, -0.1) is 0 Å². The maximum atomic E-state index is 11.6. The van der Waals surface area contributed by atoms with Crippen molar-refractivity contribution in [2.75, 3.05) is 57.3 Å². The van der Waals surface area contributed by atoms with Gasteiger partial charge in [0.25, 0.3) is 0 Å². The number of ether oxygens (including phenoxy) is 1. The molecular weight excluding hydrogens is 320 g/mol. The van der Waals surface area contributed by atoms with E-state index >= 15 is 0 Å². The number of piperazine rings is 1. The summed E-state index contributed by atoms with van der Waals surface area (Å²) in [6, 6.07) is 5.86. The van der Waals surface area contributed by atoms with Crippen molar-refractivity contribution in [1.29, 1.82) is 0 Å². The Bertz CT molecular complexity index is 602. The van der Waals surface area contributed by atoms with E-state index in [9.17, 15) is 10.1 Å². The first-order chi connectivity index (χ1) is 12.1. The van der Waals surface area contributed by atoms with Crippen molar-refractivity contribution in [3.63, 3.8) is 0 Å². The zero-order valence-corrected chi connectivity index (χ0v) is 15.2. The molecule has 0 N–H and O–H groups in total. The molecule has 1 aromatic rings. The molecule has 0 saturated carbocycles. The van der Waals surface area contributed by atoms with E-state index in [0.29, 0.717) is 24.1 Å². The van der Waals surface area contributed by atoms with Crippen molar-refractivity contribution in [3.8, 4) is 5.75 Å². The molecule has 2 saturated heterocycles. The molecule has 1 unspecified atom stereocenters. The molecule has 0 bridgehead atoms. The van der Waals surface area contributed by atoms with E-state index < -0.39 is 0 Å². The Morgan fingerprint density at radius 3 is 2.60 bits per heavy atom. The molecular formula is C18H28N4O3. The third-order valence-electron chi connectivity index (χ3n) is 5.33. The van der Waals surface area contributed by atoms with E-state index in [0.717, 1.165) is 52.2 Å². The molecule has 0 aromatic heterocycles. The van der Waals surface area contributed by atoms with Gasteiger partial charge in [0.1, 0.15) is 5.69 Å². The van der Waals surface area contributed by atoms with Gasteiger partial charge in [-0.25, -0.2) is 0 Å². The van der Waals surface area contributed by atoms with Crippen LogP contribution < -0.4 is 9.64 Å². The monoisotopic (exact) mass is 348 g/mol. The van der Waals surface area contributed by atoms with Gasteiger partial charge in [0.05, 0.1) is 11.5 Å². The third-order valence-corrected chi connectivity index (χ3v) is 5.33. The van der Waals surface area contributed by atoms with Gasteiger partial charge < -0.3 is 14.5 Å². The Labute approximate surface area is 149 Å². The summed E-state index contributed by atoms with van der Waals surface area (Å²) in [5.74, 6) is 0.366. The largest absolute Gasteiger partial charge is 0.487 e. The van der Waals surface area contributed by atoms with Crippen LogP contribution in [0.15, 0.2) is 18.2 Å². The minimum absolute atomic E-state index is 0.0980. The maximum Gasteiger partial charge on any atom is 0.333 e. The van der Waals surface area contributed by atoms with Crippen molar-refractivity contribution < 1.29 is 9.66 Å². The number of anilines is 1. The first-order valence-electron chi connectivity index (χ1n) is 9.25. The molecule has 138 valence electrons. The van der Waals surface area contributed by atoms with E-state index in [1.165, 1.54) is 0 Å². The number of nitro benzene ring substituents is 1. The van der Waals surface area contributed by atoms with Gasteiger partial charge in [0.15, 0.2) is 5.75 Å². The average Bonchev–Trinajstić information content (AvgIpc) is 3.11. The van der Waals surface area contributed by atoms with Gasteiger partial charge in [-0.05, 0) is 32.0 Å². The highest BCUT2D eigenvalue weighted by Crippen LogP contribution is 2.39. The molecule has 0 spiro atoms. The van der Waals surface area contributed by atoms with Gasteiger partial charge in [-0.1, -0.05) is 13.0 Å². The molecule has 0 radical (unpaired) electrons. The van der Waals surface area contributed by atoms with Crippen LogP contribution in [0, 0.1) is 10.1 Å². The van der Waals surface area contributed by atoms with Crippen molar-refractivity contribution >= 4 is 11.4 Å². The minimum atomic E-state index is -0.312. The Balaban J connectivity index is 1.72. The number of likely N-dealkylation sites (N-methyl/N-ethyl adjacent to an activating group) is 1. The minimum Gasteiger partial charge on any atom is -0.487 e. The third kappa shape index (κ3) is 3.88. The second kappa shape index (κ2) is 8.01. The molecule has 2 fully saturated rings. The zero-order chi connectivity index (χ0) is 17.8. The lowest BCUT2D eigenvalue weighted by Crippen LogP contribution is -2.50. The second-order valence-corrected chi connectivity index (χ2v) is 6.67. The van der Waals surface area contributed by atoms with E-state index in [4.69, 9.17) is 4.74 Å². The predicted octanol–water partition coefficient (Wildman–Crippen LogP) is 2.21. The van der Waals surface area contributed by atoms with Gasteiger partial charge in [0, 0.05) is 45.3 Å². The van der Waals surface area contributed by atoms with Crippen molar-refractivity contribution in [1.82, 2.24) is 9.80 Å². The van der Waals surface area contributed by atoms with Crippen LogP contribution in [0.5, 0.6) is 5.75 Å². The van der Waals surface area contributed by atoms with E-state index in [1.807, 2.05) is 19.1 Å². The fourth-order valence-electron chi connectivity index (χ4n) is 3.92. The van der Waals surface area contributed by atoms with Crippen LogP contribution in [0.1, 0.15) is 20.3 Å². The van der Waals surface area contributed by atoms with Gasteiger partial charge >= 0.3 is 5.69 Å². The van der Waals surface area contributed by atoms with E-state index in [-0.39, 0.29) is 10.6 Å². The Morgan fingerprint density at radius 1 is 1.20 bits per heavy atom. The summed E-state index contributed by atoms with van der Waals surface area (Å²) >= 11 is 0. The Hall–Kier alpha value is -1.86. The van der Waals surface area contributed by atoms with Gasteiger partial charge in [0.2, 0.25) is 0 Å². The van der Waals surface area contributed by atoms with Crippen molar-refractivity contribution in [2.24, 2.45) is 0 Å². The highest BCUT2D eigenvalue weighted by Gasteiger charge is 2.33. The molecule has 7 nitrogen and oxygen atoms in total. The average molecular weight is 348 g/mol. The molecule has 0 aliphatic carbocycles. The summed E-state index contributed by atoms with van der Waals surface area (Å²) in [5, 5.41) is 11.6.